The molecule has 3 rings (SSSR count). The molecule has 6 nitrogen and oxygen atoms in total. The molecule has 1 unspecified atom stereocenters. The second-order valence-corrected chi connectivity index (χ2v) is 8.15. The third-order valence-corrected chi connectivity index (χ3v) is 5.45. The Balaban J connectivity index is 1.75. The molecule has 2 aromatic rings. The molecule has 0 spiro atoms. The molecular formula is C21H30N4O2S. The van der Waals surface area contributed by atoms with E-state index in [4.69, 9.17) is 17.0 Å². The molecule has 0 aliphatic carbocycles. The van der Waals surface area contributed by atoms with Crippen LogP contribution in [0.4, 0.5) is 0 Å². The normalized spacial score (nSPS) is 16.6. The number of pyridine rings is 1. The Morgan fingerprint density at radius 1 is 1.32 bits per heavy atom. The van der Waals surface area contributed by atoms with Crippen LogP contribution in [0, 0.1) is 6.92 Å². The van der Waals surface area contributed by atoms with Gasteiger partial charge in [-0.2, -0.15) is 0 Å². The number of fused-ring (bicyclic) bond motifs is 1. The van der Waals surface area contributed by atoms with Gasteiger partial charge < -0.3 is 24.8 Å². The molecule has 28 heavy (non-hydrogen) atoms. The van der Waals surface area contributed by atoms with Gasteiger partial charge in [0.05, 0.1) is 12.6 Å². The lowest BCUT2D eigenvalue weighted by molar-refractivity contribution is 0.113. The molecule has 152 valence electrons. The summed E-state index contributed by atoms with van der Waals surface area (Å²) >= 11 is 5.65. The molecule has 1 atom stereocenters. The van der Waals surface area contributed by atoms with Crippen LogP contribution in [0.1, 0.15) is 24.0 Å². The molecule has 0 bridgehead atoms. The van der Waals surface area contributed by atoms with E-state index in [0.29, 0.717) is 18.2 Å². The van der Waals surface area contributed by atoms with Crippen LogP contribution in [0.25, 0.3) is 10.9 Å². The van der Waals surface area contributed by atoms with Crippen LogP contribution >= 0.6 is 12.2 Å². The number of nitrogens with zero attached hydrogens (tertiary/aromatic N) is 2. The van der Waals surface area contributed by atoms with Crippen molar-refractivity contribution in [3.8, 4) is 0 Å². The van der Waals surface area contributed by atoms with Crippen LogP contribution in [-0.4, -0.2) is 66.3 Å². The number of likely N-dealkylation sites (N-methyl/N-ethyl adjacent to an activating group) is 1. The molecule has 1 aromatic heterocycles. The number of aromatic amines is 1. The number of ether oxygens (including phenoxy) is 1. The molecule has 7 heteroatoms. The Morgan fingerprint density at radius 2 is 2.14 bits per heavy atom. The number of H-pyrrole nitrogens is 1. The maximum Gasteiger partial charge on any atom is 0.253 e. The van der Waals surface area contributed by atoms with Crippen LogP contribution in [-0.2, 0) is 11.3 Å². The lowest BCUT2D eigenvalue weighted by Gasteiger charge is -2.28. The standard InChI is InChI=1S/C21H30N4O2S/c1-15-6-7-16-12-17(20(26)23-19(16)11-15)14-25(9-8-24(2)3)21(28)22-13-18-5-4-10-27-18/h6-7,11-12,18H,4-5,8-10,13-14H2,1-3H3,(H,22,28)(H,23,26). The first kappa shape index (κ1) is 20.8. The summed E-state index contributed by atoms with van der Waals surface area (Å²) in [6, 6.07) is 8.07. The number of aromatic nitrogens is 1. The molecule has 1 fully saturated rings. The Morgan fingerprint density at radius 3 is 2.86 bits per heavy atom. The lowest BCUT2D eigenvalue weighted by Crippen LogP contribution is -2.45. The monoisotopic (exact) mass is 402 g/mol. The summed E-state index contributed by atoms with van der Waals surface area (Å²) in [5.74, 6) is 0. The summed E-state index contributed by atoms with van der Waals surface area (Å²) in [4.78, 5) is 19.8. The van der Waals surface area contributed by atoms with E-state index < -0.39 is 0 Å². The number of nitrogens with one attached hydrogen (secondary N) is 2. The predicted molar refractivity (Wildman–Crippen MR) is 118 cm³/mol. The van der Waals surface area contributed by atoms with Crippen molar-refractivity contribution < 1.29 is 4.74 Å². The highest BCUT2D eigenvalue weighted by molar-refractivity contribution is 7.80. The number of rotatable bonds is 7. The van der Waals surface area contributed by atoms with Gasteiger partial charge in [0, 0.05) is 37.3 Å². The number of hydrogen-bond donors (Lipinski definition) is 2. The maximum absolute atomic E-state index is 12.6. The number of thiocarbonyl (C=S) groups is 1. The van der Waals surface area contributed by atoms with Gasteiger partial charge in [0.15, 0.2) is 5.11 Å². The van der Waals surface area contributed by atoms with Crippen molar-refractivity contribution in [3.63, 3.8) is 0 Å². The van der Waals surface area contributed by atoms with Crippen molar-refractivity contribution in [3.05, 3.63) is 45.7 Å². The minimum absolute atomic E-state index is 0.0603. The molecule has 1 saturated heterocycles. The van der Waals surface area contributed by atoms with Gasteiger partial charge >= 0.3 is 0 Å². The topological polar surface area (TPSA) is 60.6 Å². The summed E-state index contributed by atoms with van der Waals surface area (Å²) in [5, 5.41) is 5.04. The molecule has 0 amide bonds. The van der Waals surface area contributed by atoms with E-state index in [2.05, 4.69) is 26.2 Å². The highest BCUT2D eigenvalue weighted by Crippen LogP contribution is 2.14. The van der Waals surface area contributed by atoms with Crippen LogP contribution in [0.5, 0.6) is 0 Å². The Bertz CT molecular complexity index is 874. The minimum Gasteiger partial charge on any atom is -0.376 e. The highest BCUT2D eigenvalue weighted by atomic mass is 32.1. The first-order valence-electron chi connectivity index (χ1n) is 9.84. The zero-order valence-electron chi connectivity index (χ0n) is 17.0. The summed E-state index contributed by atoms with van der Waals surface area (Å²) in [6.07, 6.45) is 2.40. The SMILES string of the molecule is Cc1ccc2cc(CN(CCN(C)C)C(=S)NCC3CCCO3)c(=O)[nH]c2c1. The zero-order chi connectivity index (χ0) is 20.1. The number of benzene rings is 1. The van der Waals surface area contributed by atoms with Crippen LogP contribution < -0.4 is 10.9 Å². The summed E-state index contributed by atoms with van der Waals surface area (Å²) in [5.41, 5.74) is 2.65. The molecule has 2 heterocycles. The van der Waals surface area contributed by atoms with Crippen LogP contribution in [0.2, 0.25) is 0 Å². The van der Waals surface area contributed by atoms with Gasteiger partial charge in [-0.05, 0) is 69.2 Å². The lowest BCUT2D eigenvalue weighted by atomic mass is 10.1. The van der Waals surface area contributed by atoms with Crippen molar-refractivity contribution in [1.82, 2.24) is 20.1 Å². The summed E-state index contributed by atoms with van der Waals surface area (Å²) in [6.45, 7) is 5.64. The zero-order valence-corrected chi connectivity index (χ0v) is 17.8. The van der Waals surface area contributed by atoms with E-state index in [9.17, 15) is 4.79 Å². The molecule has 0 radical (unpaired) electrons. The quantitative estimate of drug-likeness (QED) is 0.693. The van der Waals surface area contributed by atoms with Crippen molar-refractivity contribution in [2.45, 2.75) is 32.4 Å². The fourth-order valence-electron chi connectivity index (χ4n) is 3.37. The van der Waals surface area contributed by atoms with Crippen LogP contribution in [0.15, 0.2) is 29.1 Å². The van der Waals surface area contributed by atoms with E-state index in [1.54, 1.807) is 0 Å². The van der Waals surface area contributed by atoms with E-state index in [-0.39, 0.29) is 11.7 Å². The second kappa shape index (κ2) is 9.49. The van der Waals surface area contributed by atoms with Gasteiger partial charge in [-0.1, -0.05) is 12.1 Å². The van der Waals surface area contributed by atoms with Crippen molar-refractivity contribution >= 4 is 28.2 Å². The average Bonchev–Trinajstić information content (AvgIpc) is 3.17. The van der Waals surface area contributed by atoms with Gasteiger partial charge in [-0.15, -0.1) is 0 Å². The molecule has 1 aliphatic heterocycles. The summed E-state index contributed by atoms with van der Waals surface area (Å²) < 4.78 is 5.67. The first-order valence-corrected chi connectivity index (χ1v) is 10.2. The fraction of sp³-hybridized carbons (Fsp3) is 0.524. The molecular weight excluding hydrogens is 372 g/mol. The van der Waals surface area contributed by atoms with Gasteiger partial charge in [0.1, 0.15) is 0 Å². The number of hydrogen-bond acceptors (Lipinski definition) is 4. The Kier molecular flexibility index (Phi) is 7.04. The maximum atomic E-state index is 12.6. The van der Waals surface area contributed by atoms with E-state index >= 15 is 0 Å². The van der Waals surface area contributed by atoms with Gasteiger partial charge in [-0.25, -0.2) is 0 Å². The largest absolute Gasteiger partial charge is 0.376 e. The summed E-state index contributed by atoms with van der Waals surface area (Å²) in [7, 11) is 4.07. The second-order valence-electron chi connectivity index (χ2n) is 7.76. The number of aryl methyl sites for hydroxylation is 1. The molecule has 1 aromatic carbocycles. The van der Waals surface area contributed by atoms with Gasteiger partial charge in [-0.3, -0.25) is 4.79 Å². The molecule has 2 N–H and O–H groups in total. The fourth-order valence-corrected chi connectivity index (χ4v) is 3.61. The molecule has 1 aliphatic rings. The third kappa shape index (κ3) is 5.53. The van der Waals surface area contributed by atoms with Crippen molar-refractivity contribution in [1.29, 1.82) is 0 Å². The van der Waals surface area contributed by atoms with Gasteiger partial charge in [0.2, 0.25) is 0 Å². The predicted octanol–water partition coefficient (Wildman–Crippen LogP) is 2.25. The van der Waals surface area contributed by atoms with E-state index in [1.165, 1.54) is 0 Å². The van der Waals surface area contributed by atoms with E-state index in [1.807, 2.05) is 39.2 Å². The van der Waals surface area contributed by atoms with Crippen molar-refractivity contribution in [2.75, 3.05) is 40.3 Å². The Hall–Kier alpha value is -1.96. The minimum atomic E-state index is -0.0603. The molecule has 0 saturated carbocycles. The highest BCUT2D eigenvalue weighted by Gasteiger charge is 2.18. The van der Waals surface area contributed by atoms with Crippen LogP contribution in [0.3, 0.4) is 0 Å². The smallest absolute Gasteiger partial charge is 0.253 e. The average molecular weight is 403 g/mol. The van der Waals surface area contributed by atoms with Crippen molar-refractivity contribution in [2.24, 2.45) is 0 Å². The Labute approximate surface area is 171 Å². The first-order chi connectivity index (χ1) is 13.4. The van der Waals surface area contributed by atoms with E-state index in [0.717, 1.165) is 54.6 Å². The third-order valence-electron chi connectivity index (χ3n) is 5.05. The van der Waals surface area contributed by atoms with Gasteiger partial charge in [0.25, 0.3) is 5.56 Å².